The summed E-state index contributed by atoms with van der Waals surface area (Å²) in [5, 5.41) is 3.19. The van der Waals surface area contributed by atoms with Crippen LogP contribution in [0.15, 0.2) is 48.5 Å². The number of nitrogens with one attached hydrogen (secondary N) is 1. The van der Waals surface area contributed by atoms with Gasteiger partial charge in [-0.3, -0.25) is 4.79 Å². The molecule has 4 rings (SSSR count). The molecule has 0 saturated carbocycles. The van der Waals surface area contributed by atoms with E-state index >= 15 is 0 Å². The zero-order valence-electron chi connectivity index (χ0n) is 15.5. The molecule has 5 heteroatoms. The maximum absolute atomic E-state index is 12.4. The second kappa shape index (κ2) is 8.44. The first-order valence-electron chi connectivity index (χ1n) is 9.70. The number of rotatable bonds is 6. The Bertz CT molecular complexity index is 770. The van der Waals surface area contributed by atoms with Gasteiger partial charge in [0.2, 0.25) is 12.7 Å². The van der Waals surface area contributed by atoms with Crippen molar-refractivity contribution in [2.24, 2.45) is 0 Å². The first kappa shape index (κ1) is 17.9. The minimum absolute atomic E-state index is 0.0802. The van der Waals surface area contributed by atoms with Crippen molar-refractivity contribution in [3.05, 3.63) is 59.7 Å². The van der Waals surface area contributed by atoms with E-state index in [0.717, 1.165) is 56.0 Å². The molecule has 2 aliphatic heterocycles. The quantitative estimate of drug-likeness (QED) is 0.854. The van der Waals surface area contributed by atoms with Gasteiger partial charge in [0.05, 0.1) is 6.42 Å². The minimum atomic E-state index is 0.0802. The number of ether oxygens (including phenoxy) is 2. The van der Waals surface area contributed by atoms with E-state index in [-0.39, 0.29) is 18.7 Å². The van der Waals surface area contributed by atoms with Crippen LogP contribution in [-0.4, -0.2) is 43.3 Å². The predicted octanol–water partition coefficient (Wildman–Crippen LogP) is 2.78. The van der Waals surface area contributed by atoms with Gasteiger partial charge in [-0.25, -0.2) is 0 Å². The molecule has 1 fully saturated rings. The SMILES string of the molecule is O=C(Cc1ccc2c(c1)OCO2)NC1CCN(CCc2ccccc2)CC1. The fourth-order valence-electron chi connectivity index (χ4n) is 3.75. The molecule has 2 heterocycles. The summed E-state index contributed by atoms with van der Waals surface area (Å²) >= 11 is 0. The highest BCUT2D eigenvalue weighted by Gasteiger charge is 2.21. The van der Waals surface area contributed by atoms with Gasteiger partial charge >= 0.3 is 0 Å². The highest BCUT2D eigenvalue weighted by Crippen LogP contribution is 2.32. The average molecular weight is 366 g/mol. The molecule has 0 radical (unpaired) electrons. The Balaban J connectivity index is 1.19. The maximum atomic E-state index is 12.4. The van der Waals surface area contributed by atoms with Crippen molar-refractivity contribution in [1.29, 1.82) is 0 Å². The molecule has 0 aromatic heterocycles. The second-order valence-corrected chi connectivity index (χ2v) is 7.28. The smallest absolute Gasteiger partial charge is 0.231 e. The highest BCUT2D eigenvalue weighted by atomic mass is 16.7. The molecule has 0 unspecified atom stereocenters. The zero-order valence-corrected chi connectivity index (χ0v) is 15.5. The molecular formula is C22H26N2O3. The van der Waals surface area contributed by atoms with Gasteiger partial charge in [-0.15, -0.1) is 0 Å². The summed E-state index contributed by atoms with van der Waals surface area (Å²) in [6, 6.07) is 16.6. The molecule has 1 saturated heterocycles. The predicted molar refractivity (Wildman–Crippen MR) is 104 cm³/mol. The lowest BCUT2D eigenvalue weighted by Crippen LogP contribution is -2.45. The summed E-state index contributed by atoms with van der Waals surface area (Å²) in [4.78, 5) is 14.9. The zero-order chi connectivity index (χ0) is 18.5. The van der Waals surface area contributed by atoms with Gasteiger partial charge in [0.1, 0.15) is 0 Å². The molecule has 0 spiro atoms. The third-order valence-corrected chi connectivity index (χ3v) is 5.31. The first-order chi connectivity index (χ1) is 13.3. The summed E-state index contributed by atoms with van der Waals surface area (Å²) in [5.74, 6) is 1.56. The van der Waals surface area contributed by atoms with E-state index in [1.54, 1.807) is 0 Å². The molecular weight excluding hydrogens is 340 g/mol. The molecule has 0 bridgehead atoms. The Labute approximate surface area is 160 Å². The van der Waals surface area contributed by atoms with E-state index in [0.29, 0.717) is 6.42 Å². The molecule has 2 aromatic carbocycles. The summed E-state index contributed by atoms with van der Waals surface area (Å²) in [6.45, 7) is 3.43. The number of benzene rings is 2. The van der Waals surface area contributed by atoms with Crippen LogP contribution in [0.4, 0.5) is 0 Å². The van der Waals surface area contributed by atoms with Gasteiger partial charge in [0.25, 0.3) is 0 Å². The summed E-state index contributed by atoms with van der Waals surface area (Å²) in [5.41, 5.74) is 2.34. The lowest BCUT2D eigenvalue weighted by Gasteiger charge is -2.32. The third kappa shape index (κ3) is 4.80. The molecule has 5 nitrogen and oxygen atoms in total. The first-order valence-corrected chi connectivity index (χ1v) is 9.70. The summed E-state index contributed by atoms with van der Waals surface area (Å²) in [6.07, 6.45) is 3.50. The summed E-state index contributed by atoms with van der Waals surface area (Å²) < 4.78 is 10.7. The van der Waals surface area contributed by atoms with Crippen LogP contribution in [0.5, 0.6) is 11.5 Å². The van der Waals surface area contributed by atoms with Crippen LogP contribution in [0.1, 0.15) is 24.0 Å². The Hall–Kier alpha value is -2.53. The molecule has 1 N–H and O–H groups in total. The Morgan fingerprint density at radius 1 is 1.00 bits per heavy atom. The van der Waals surface area contributed by atoms with Gasteiger partial charge in [0.15, 0.2) is 11.5 Å². The van der Waals surface area contributed by atoms with Gasteiger partial charge in [0, 0.05) is 25.7 Å². The number of likely N-dealkylation sites (tertiary alicyclic amines) is 1. The van der Waals surface area contributed by atoms with Crippen LogP contribution in [0, 0.1) is 0 Å². The van der Waals surface area contributed by atoms with Crippen LogP contribution in [0.25, 0.3) is 0 Å². The normalized spacial score (nSPS) is 17.0. The number of amides is 1. The minimum Gasteiger partial charge on any atom is -0.454 e. The van der Waals surface area contributed by atoms with Crippen molar-refractivity contribution >= 4 is 5.91 Å². The second-order valence-electron chi connectivity index (χ2n) is 7.28. The van der Waals surface area contributed by atoms with Crippen LogP contribution in [-0.2, 0) is 17.6 Å². The van der Waals surface area contributed by atoms with Crippen LogP contribution in [0.3, 0.4) is 0 Å². The third-order valence-electron chi connectivity index (χ3n) is 5.31. The number of fused-ring (bicyclic) bond motifs is 1. The van der Waals surface area contributed by atoms with Crippen molar-refractivity contribution in [3.63, 3.8) is 0 Å². The average Bonchev–Trinajstić information content (AvgIpc) is 3.16. The summed E-state index contributed by atoms with van der Waals surface area (Å²) in [7, 11) is 0. The molecule has 2 aromatic rings. The Kier molecular flexibility index (Phi) is 5.58. The van der Waals surface area contributed by atoms with E-state index in [1.807, 2.05) is 18.2 Å². The molecule has 1 amide bonds. The molecule has 2 aliphatic rings. The van der Waals surface area contributed by atoms with Gasteiger partial charge < -0.3 is 19.7 Å². The van der Waals surface area contributed by atoms with Crippen molar-refractivity contribution < 1.29 is 14.3 Å². The number of carbonyl (C=O) groups is 1. The van der Waals surface area contributed by atoms with Crippen LogP contribution in [0.2, 0.25) is 0 Å². The standard InChI is InChI=1S/C22H26N2O3/c25-22(15-18-6-7-20-21(14-18)27-16-26-20)23-19-9-12-24(13-10-19)11-8-17-4-2-1-3-5-17/h1-7,14,19H,8-13,15-16H2,(H,23,25). The lowest BCUT2D eigenvalue weighted by molar-refractivity contribution is -0.121. The number of piperidine rings is 1. The highest BCUT2D eigenvalue weighted by molar-refractivity contribution is 5.79. The van der Waals surface area contributed by atoms with Crippen LogP contribution < -0.4 is 14.8 Å². The van der Waals surface area contributed by atoms with E-state index in [4.69, 9.17) is 9.47 Å². The van der Waals surface area contributed by atoms with Crippen molar-refractivity contribution in [2.75, 3.05) is 26.4 Å². The molecule has 0 aliphatic carbocycles. The molecule has 142 valence electrons. The largest absolute Gasteiger partial charge is 0.454 e. The van der Waals surface area contributed by atoms with Crippen molar-refractivity contribution in [2.45, 2.75) is 31.7 Å². The van der Waals surface area contributed by atoms with Crippen LogP contribution >= 0.6 is 0 Å². The Morgan fingerprint density at radius 2 is 1.78 bits per heavy atom. The molecule has 0 atom stereocenters. The van der Waals surface area contributed by atoms with E-state index < -0.39 is 0 Å². The maximum Gasteiger partial charge on any atom is 0.231 e. The topological polar surface area (TPSA) is 50.8 Å². The number of carbonyl (C=O) groups excluding carboxylic acids is 1. The van der Waals surface area contributed by atoms with E-state index in [2.05, 4.69) is 40.5 Å². The van der Waals surface area contributed by atoms with E-state index in [1.165, 1.54) is 5.56 Å². The fourth-order valence-corrected chi connectivity index (χ4v) is 3.75. The fraction of sp³-hybridized carbons (Fsp3) is 0.409. The van der Waals surface area contributed by atoms with Gasteiger partial charge in [-0.1, -0.05) is 36.4 Å². The van der Waals surface area contributed by atoms with Gasteiger partial charge in [-0.2, -0.15) is 0 Å². The Morgan fingerprint density at radius 3 is 2.59 bits per heavy atom. The number of hydrogen-bond donors (Lipinski definition) is 1. The van der Waals surface area contributed by atoms with Crippen molar-refractivity contribution in [1.82, 2.24) is 10.2 Å². The monoisotopic (exact) mass is 366 g/mol. The van der Waals surface area contributed by atoms with Gasteiger partial charge in [-0.05, 0) is 42.5 Å². The number of hydrogen-bond acceptors (Lipinski definition) is 4. The lowest BCUT2D eigenvalue weighted by atomic mass is 10.0. The number of nitrogens with zero attached hydrogens (tertiary/aromatic N) is 1. The van der Waals surface area contributed by atoms with Crippen molar-refractivity contribution in [3.8, 4) is 11.5 Å². The van der Waals surface area contributed by atoms with E-state index in [9.17, 15) is 4.79 Å². The molecule has 27 heavy (non-hydrogen) atoms.